The van der Waals surface area contributed by atoms with Crippen LogP contribution in [0.4, 0.5) is 26.0 Å². The van der Waals surface area contributed by atoms with E-state index in [1.807, 2.05) is 12.1 Å². The van der Waals surface area contributed by atoms with E-state index in [0.29, 0.717) is 41.2 Å². The van der Waals surface area contributed by atoms with Gasteiger partial charge in [-0.25, -0.2) is 17.2 Å². The van der Waals surface area contributed by atoms with Crippen LogP contribution >= 0.6 is 0 Å². The van der Waals surface area contributed by atoms with E-state index in [9.17, 15) is 22.0 Å². The number of likely N-dealkylation sites (N-methyl/N-ethyl adjacent to an activating group) is 1. The molecule has 236 valence electrons. The fourth-order valence-electron chi connectivity index (χ4n) is 6.26. The second kappa shape index (κ2) is 11.7. The number of benzene rings is 2. The molecule has 2 aromatic carbocycles. The number of H-pyrrole nitrogens is 1. The molecule has 1 aromatic heterocycles. The summed E-state index contributed by atoms with van der Waals surface area (Å²) in [6.45, 7) is 8.55. The number of anilines is 3. The number of carbonyl (C=O) groups is 1. The molecule has 11 nitrogen and oxygen atoms in total. The molecule has 3 aliphatic rings. The molecule has 3 aliphatic heterocycles. The third kappa shape index (κ3) is 5.78. The number of carbonyl (C=O) groups excluding carboxylic acids is 1. The maximum atomic E-state index is 13.9. The molecular weight excluding hydrogens is 590 g/mol. The van der Waals surface area contributed by atoms with Crippen molar-refractivity contribution in [3.05, 3.63) is 64.9 Å². The summed E-state index contributed by atoms with van der Waals surface area (Å²) in [6, 6.07) is 8.30. The van der Waals surface area contributed by atoms with E-state index >= 15 is 0 Å². The van der Waals surface area contributed by atoms with Crippen molar-refractivity contribution >= 4 is 33.1 Å². The molecule has 0 saturated carbocycles. The van der Waals surface area contributed by atoms with E-state index in [4.69, 9.17) is 0 Å². The molecule has 0 bridgehead atoms. The lowest BCUT2D eigenvalue weighted by molar-refractivity contribution is 0.102. The molecule has 6 rings (SSSR count). The highest BCUT2D eigenvalue weighted by Crippen LogP contribution is 2.44. The van der Waals surface area contributed by atoms with Gasteiger partial charge in [-0.1, -0.05) is 0 Å². The maximum Gasteiger partial charge on any atom is 0.258 e. The molecule has 4 N–H and O–H groups in total. The van der Waals surface area contributed by atoms with E-state index in [2.05, 4.69) is 43.0 Å². The van der Waals surface area contributed by atoms with Crippen molar-refractivity contribution in [2.24, 2.45) is 0 Å². The first-order valence-electron chi connectivity index (χ1n) is 14.9. The van der Waals surface area contributed by atoms with Crippen molar-refractivity contribution in [3.63, 3.8) is 0 Å². The van der Waals surface area contributed by atoms with Crippen molar-refractivity contribution in [3.8, 4) is 0 Å². The normalized spacial score (nSPS) is 20.6. The van der Waals surface area contributed by atoms with Crippen molar-refractivity contribution in [2.75, 3.05) is 61.8 Å². The second-order valence-corrected chi connectivity index (χ2v) is 14.1. The summed E-state index contributed by atoms with van der Waals surface area (Å²) in [5.74, 6) is -2.16. The number of rotatable bonds is 8. The molecule has 4 heterocycles. The zero-order chi connectivity index (χ0) is 31.2. The molecule has 1 atom stereocenters. The Hall–Kier alpha value is -3.59. The monoisotopic (exact) mass is 628 g/mol. The van der Waals surface area contributed by atoms with Gasteiger partial charge in [0.2, 0.25) is 10.0 Å². The molecule has 0 radical (unpaired) electrons. The highest BCUT2D eigenvalue weighted by atomic mass is 32.2. The number of sulfonamides is 1. The number of aromatic nitrogens is 2. The van der Waals surface area contributed by atoms with Gasteiger partial charge in [-0.2, -0.15) is 9.40 Å². The first kappa shape index (κ1) is 30.4. The fourth-order valence-corrected chi connectivity index (χ4v) is 8.03. The van der Waals surface area contributed by atoms with Crippen LogP contribution in [0.15, 0.2) is 41.3 Å². The van der Waals surface area contributed by atoms with Gasteiger partial charge in [0, 0.05) is 68.3 Å². The van der Waals surface area contributed by atoms with Crippen LogP contribution in [0.25, 0.3) is 0 Å². The summed E-state index contributed by atoms with van der Waals surface area (Å²) < 4.78 is 56.1. The van der Waals surface area contributed by atoms with Gasteiger partial charge in [-0.05, 0) is 70.6 Å². The highest BCUT2D eigenvalue weighted by molar-refractivity contribution is 7.89. The van der Waals surface area contributed by atoms with E-state index in [1.54, 1.807) is 19.9 Å². The van der Waals surface area contributed by atoms with Gasteiger partial charge >= 0.3 is 0 Å². The lowest BCUT2D eigenvalue weighted by Crippen LogP contribution is -2.44. The van der Waals surface area contributed by atoms with Gasteiger partial charge in [0.15, 0.2) is 5.82 Å². The molecule has 1 amide bonds. The Bertz CT molecular complexity index is 1640. The van der Waals surface area contributed by atoms with Gasteiger partial charge in [-0.15, -0.1) is 0 Å². The quantitative estimate of drug-likeness (QED) is 0.300. The van der Waals surface area contributed by atoms with Crippen LogP contribution in [0.1, 0.15) is 48.3 Å². The van der Waals surface area contributed by atoms with Crippen LogP contribution in [-0.2, 0) is 22.1 Å². The Morgan fingerprint density at radius 2 is 1.82 bits per heavy atom. The molecule has 44 heavy (non-hydrogen) atoms. The van der Waals surface area contributed by atoms with Gasteiger partial charge in [0.1, 0.15) is 11.6 Å². The molecule has 2 saturated heterocycles. The van der Waals surface area contributed by atoms with E-state index in [0.717, 1.165) is 67.7 Å². The smallest absolute Gasteiger partial charge is 0.258 e. The van der Waals surface area contributed by atoms with Gasteiger partial charge in [0.25, 0.3) is 5.91 Å². The summed E-state index contributed by atoms with van der Waals surface area (Å²) in [6.07, 6.45) is 2.17. The van der Waals surface area contributed by atoms with E-state index in [1.165, 1.54) is 0 Å². The fraction of sp³-hybridized carbons (Fsp3) is 0.467. The molecule has 14 heteroatoms. The predicted molar refractivity (Wildman–Crippen MR) is 164 cm³/mol. The summed E-state index contributed by atoms with van der Waals surface area (Å²) in [4.78, 5) is 17.8. The maximum absolute atomic E-state index is 13.9. The zero-order valence-electron chi connectivity index (χ0n) is 25.1. The molecule has 0 aliphatic carbocycles. The van der Waals surface area contributed by atoms with Crippen LogP contribution < -0.4 is 20.9 Å². The zero-order valence-corrected chi connectivity index (χ0v) is 25.9. The van der Waals surface area contributed by atoms with Crippen LogP contribution in [0, 0.1) is 11.6 Å². The minimum absolute atomic E-state index is 0.143. The molecular formula is C30H38F2N8O3S. The summed E-state index contributed by atoms with van der Waals surface area (Å²) in [5.41, 5.74) is 2.03. The SMILES string of the molecule is CN1CCN(c2ccc(C(=O)Nc3n[nH]c4c3CN(S(=O)(=O)c3cc(F)cc(F)c3)C4(C)C)c(NCC3CCCN3)c2)CC1. The molecule has 0 spiro atoms. The highest BCUT2D eigenvalue weighted by Gasteiger charge is 2.48. The lowest BCUT2D eigenvalue weighted by Gasteiger charge is -2.34. The van der Waals surface area contributed by atoms with Crippen LogP contribution in [-0.4, -0.2) is 86.1 Å². The molecule has 3 aromatic rings. The topological polar surface area (TPSA) is 126 Å². The molecule has 1 unspecified atom stereocenters. The number of hydrogen-bond donors (Lipinski definition) is 4. The number of amides is 1. The van der Waals surface area contributed by atoms with Gasteiger partial charge in [-0.3, -0.25) is 9.89 Å². The third-order valence-corrected chi connectivity index (χ3v) is 10.9. The minimum Gasteiger partial charge on any atom is -0.383 e. The number of nitrogens with one attached hydrogen (secondary N) is 4. The number of halogens is 2. The van der Waals surface area contributed by atoms with Crippen LogP contribution in [0.5, 0.6) is 0 Å². The van der Waals surface area contributed by atoms with Gasteiger partial charge < -0.3 is 25.8 Å². The average molecular weight is 629 g/mol. The average Bonchev–Trinajstić information content (AvgIpc) is 3.70. The second-order valence-electron chi connectivity index (χ2n) is 12.3. The lowest BCUT2D eigenvalue weighted by atomic mass is 10.0. The summed E-state index contributed by atoms with van der Waals surface area (Å²) in [7, 11) is -2.19. The standard InChI is InChI=1S/C30H38F2N8O3S/c1-30(2)27-25(18-40(30)44(42,43)23-14-19(31)13-20(32)15-23)28(37-36-27)35-29(41)24-7-6-22(39-11-9-38(3)10-12-39)16-26(24)34-17-21-5-4-8-33-21/h6-7,13-16,21,33-34H,4-5,8-12,17-18H2,1-3H3,(H2,35,36,37,41). The Labute approximate surface area is 256 Å². The van der Waals surface area contributed by atoms with E-state index in [-0.39, 0.29) is 12.4 Å². The van der Waals surface area contributed by atoms with E-state index < -0.39 is 38.0 Å². The number of nitrogens with zero attached hydrogens (tertiary/aromatic N) is 4. The Balaban J connectivity index is 1.25. The first-order chi connectivity index (χ1) is 20.9. The Morgan fingerprint density at radius 1 is 1.09 bits per heavy atom. The number of aromatic amines is 1. The third-order valence-electron chi connectivity index (χ3n) is 8.88. The van der Waals surface area contributed by atoms with Crippen LogP contribution in [0.2, 0.25) is 0 Å². The predicted octanol–water partition coefficient (Wildman–Crippen LogP) is 3.30. The van der Waals surface area contributed by atoms with Crippen molar-refractivity contribution in [1.82, 2.24) is 24.7 Å². The number of fused-ring (bicyclic) bond motifs is 1. The van der Waals surface area contributed by atoms with Crippen molar-refractivity contribution in [1.29, 1.82) is 0 Å². The Kier molecular flexibility index (Phi) is 8.11. The van der Waals surface area contributed by atoms with Gasteiger partial charge in [0.05, 0.1) is 21.7 Å². The van der Waals surface area contributed by atoms with Crippen molar-refractivity contribution in [2.45, 2.75) is 49.7 Å². The van der Waals surface area contributed by atoms with Crippen LogP contribution in [0.3, 0.4) is 0 Å². The summed E-state index contributed by atoms with van der Waals surface area (Å²) >= 11 is 0. The Morgan fingerprint density at radius 3 is 2.50 bits per heavy atom. The molecule has 2 fully saturated rings. The summed E-state index contributed by atoms with van der Waals surface area (Å²) in [5, 5.41) is 17.0. The number of piperazine rings is 1. The number of hydrogen-bond acceptors (Lipinski definition) is 8. The van der Waals surface area contributed by atoms with Crippen molar-refractivity contribution < 1.29 is 22.0 Å². The largest absolute Gasteiger partial charge is 0.383 e. The minimum atomic E-state index is -4.30. The first-order valence-corrected chi connectivity index (χ1v) is 16.3.